The largest absolute Gasteiger partial charge is 0.472 e. The van der Waals surface area contributed by atoms with Crippen molar-refractivity contribution < 1.29 is 63.1 Å². The van der Waals surface area contributed by atoms with Crippen molar-refractivity contribution in [2.45, 2.75) is 236 Å². The summed E-state index contributed by atoms with van der Waals surface area (Å²) in [6.45, 7) is 3.17. The van der Waals surface area contributed by atoms with Crippen molar-refractivity contribution in [3.8, 4) is 0 Å². The van der Waals surface area contributed by atoms with Gasteiger partial charge in [0.1, 0.15) is 43.2 Å². The van der Waals surface area contributed by atoms with Crippen LogP contribution in [0, 0.1) is 0 Å². The zero-order valence-electron chi connectivity index (χ0n) is 40.0. The molecular formula is C51H89O13P. The molecule has 0 spiro atoms. The molecule has 0 aromatic rings. The third kappa shape index (κ3) is 32.8. The maximum absolute atomic E-state index is 12.8. The van der Waals surface area contributed by atoms with Gasteiger partial charge in [-0.1, -0.05) is 164 Å². The topological polar surface area (TPSA) is 210 Å². The maximum atomic E-state index is 12.8. The van der Waals surface area contributed by atoms with Crippen LogP contribution in [0.15, 0.2) is 60.8 Å². The van der Waals surface area contributed by atoms with E-state index in [1.54, 1.807) is 0 Å². The van der Waals surface area contributed by atoms with Crippen molar-refractivity contribution in [3.63, 3.8) is 0 Å². The van der Waals surface area contributed by atoms with Crippen molar-refractivity contribution in [1.82, 2.24) is 0 Å². The molecule has 1 fully saturated rings. The minimum Gasteiger partial charge on any atom is -0.462 e. The molecule has 0 aromatic heterocycles. The van der Waals surface area contributed by atoms with Crippen LogP contribution < -0.4 is 0 Å². The molecule has 6 N–H and O–H groups in total. The predicted octanol–water partition coefficient (Wildman–Crippen LogP) is 10.5. The normalized spacial score (nSPS) is 21.9. The summed E-state index contributed by atoms with van der Waals surface area (Å²) in [6, 6.07) is 0. The van der Waals surface area contributed by atoms with Crippen molar-refractivity contribution in [3.05, 3.63) is 60.8 Å². The minimum absolute atomic E-state index is 0.0664. The molecule has 14 heteroatoms. The average molecular weight is 941 g/mol. The average Bonchev–Trinajstić information content (AvgIpc) is 3.29. The Labute approximate surface area is 392 Å². The number of unbranched alkanes of at least 4 members (excludes halogenated alkanes) is 19. The molecular weight excluding hydrogens is 852 g/mol. The fourth-order valence-electron chi connectivity index (χ4n) is 7.33. The van der Waals surface area contributed by atoms with Gasteiger partial charge in [-0.3, -0.25) is 18.6 Å². The van der Waals surface area contributed by atoms with E-state index in [1.807, 2.05) is 0 Å². The van der Waals surface area contributed by atoms with Gasteiger partial charge in [-0.05, 0) is 77.0 Å². The highest BCUT2D eigenvalue weighted by atomic mass is 31.2. The van der Waals surface area contributed by atoms with Crippen molar-refractivity contribution in [1.29, 1.82) is 0 Å². The highest BCUT2D eigenvalue weighted by Crippen LogP contribution is 2.47. The molecule has 0 amide bonds. The van der Waals surface area contributed by atoms with Gasteiger partial charge < -0.3 is 39.9 Å². The lowest BCUT2D eigenvalue weighted by molar-refractivity contribution is -0.220. The molecule has 0 aromatic carbocycles. The number of allylic oxidation sites excluding steroid dienone is 10. The van der Waals surface area contributed by atoms with Crippen LogP contribution in [-0.4, -0.2) is 98.3 Å². The summed E-state index contributed by atoms with van der Waals surface area (Å²) in [4.78, 5) is 35.8. The van der Waals surface area contributed by atoms with Gasteiger partial charge in [0, 0.05) is 12.8 Å². The number of carbonyl (C=O) groups is 2. The Bertz CT molecular complexity index is 1370. The number of aliphatic hydroxyl groups excluding tert-OH is 5. The van der Waals surface area contributed by atoms with Gasteiger partial charge >= 0.3 is 19.8 Å². The lowest BCUT2D eigenvalue weighted by Crippen LogP contribution is -2.64. The van der Waals surface area contributed by atoms with Crippen LogP contribution in [0.1, 0.15) is 194 Å². The summed E-state index contributed by atoms with van der Waals surface area (Å²) in [5.41, 5.74) is 0. The summed E-state index contributed by atoms with van der Waals surface area (Å²) in [7, 11) is -5.13. The Morgan fingerprint density at radius 1 is 0.492 bits per heavy atom. The fraction of sp³-hybridized carbons (Fsp3) is 0.765. The first-order chi connectivity index (χ1) is 31.4. The monoisotopic (exact) mass is 941 g/mol. The van der Waals surface area contributed by atoms with E-state index < -0.39 is 75.7 Å². The van der Waals surface area contributed by atoms with Gasteiger partial charge in [0.25, 0.3) is 0 Å². The van der Waals surface area contributed by atoms with E-state index in [2.05, 4.69) is 74.6 Å². The van der Waals surface area contributed by atoms with Crippen LogP contribution in [0.5, 0.6) is 0 Å². The summed E-state index contributed by atoms with van der Waals surface area (Å²) < 4.78 is 33.6. The van der Waals surface area contributed by atoms with E-state index in [-0.39, 0.29) is 12.8 Å². The Balaban J connectivity index is 2.43. The van der Waals surface area contributed by atoms with E-state index in [1.165, 1.54) is 70.6 Å². The second kappa shape index (κ2) is 40.6. The SMILES string of the molecule is CC/C=C\C/C=C\C/C=C\C/C=C\CCCCCCC(=O)OC(COC(=O)CCCCCCCCCCC/C=C\CCCCCCCC)COP(=O)(O)OC1C(O)C(O)C(O)C(O)C1O. The molecule has 1 saturated carbocycles. The summed E-state index contributed by atoms with van der Waals surface area (Å²) in [5, 5.41) is 50.2. The molecule has 6 atom stereocenters. The van der Waals surface area contributed by atoms with Crippen molar-refractivity contribution >= 4 is 19.8 Å². The standard InChI is InChI=1S/C51H89O13P/c1-3-5-7-9-11-13-15-17-19-21-22-24-25-27-29-31-33-35-37-39-44(52)61-41-43(42-62-65(59,60)64-51-49(57)47(55)46(54)48(56)50(51)58)63-45(53)40-38-36-34-32-30-28-26-23-20-18-16-14-12-10-8-6-4-2/h6,8,12,14,17-20,26,28,43,46-51,54-58H,3-5,7,9-11,13,15-16,21-25,27,29-42H2,1-2H3,(H,59,60)/b8-6-,14-12-,19-17-,20-18-,28-26-. The molecule has 0 saturated heterocycles. The summed E-state index contributed by atoms with van der Waals surface area (Å²) in [5.74, 6) is -1.13. The molecule has 13 nitrogen and oxygen atoms in total. The maximum Gasteiger partial charge on any atom is 0.472 e. The Kier molecular flexibility index (Phi) is 37.8. The van der Waals surface area contributed by atoms with Crippen LogP contribution in [0.25, 0.3) is 0 Å². The first-order valence-corrected chi connectivity index (χ1v) is 26.6. The number of hydrogen-bond donors (Lipinski definition) is 6. The number of phosphoric ester groups is 1. The molecule has 0 aliphatic heterocycles. The molecule has 1 rings (SSSR count). The fourth-order valence-corrected chi connectivity index (χ4v) is 8.30. The highest BCUT2D eigenvalue weighted by Gasteiger charge is 2.51. The van der Waals surface area contributed by atoms with Gasteiger partial charge in [0.15, 0.2) is 6.10 Å². The van der Waals surface area contributed by atoms with E-state index in [9.17, 15) is 44.6 Å². The quantitative estimate of drug-likeness (QED) is 0.0146. The molecule has 0 bridgehead atoms. The van der Waals surface area contributed by atoms with Crippen LogP contribution in [0.4, 0.5) is 0 Å². The molecule has 1 aliphatic carbocycles. The van der Waals surface area contributed by atoms with Gasteiger partial charge in [-0.2, -0.15) is 0 Å². The van der Waals surface area contributed by atoms with Crippen molar-refractivity contribution in [2.75, 3.05) is 13.2 Å². The smallest absolute Gasteiger partial charge is 0.462 e. The van der Waals surface area contributed by atoms with Crippen LogP contribution in [0.3, 0.4) is 0 Å². The number of esters is 2. The number of ether oxygens (including phenoxy) is 2. The Morgan fingerprint density at radius 3 is 1.35 bits per heavy atom. The molecule has 0 radical (unpaired) electrons. The second-order valence-electron chi connectivity index (χ2n) is 17.3. The zero-order valence-corrected chi connectivity index (χ0v) is 40.9. The molecule has 376 valence electrons. The first-order valence-electron chi connectivity index (χ1n) is 25.1. The van der Waals surface area contributed by atoms with Crippen LogP contribution in [-0.2, 0) is 32.7 Å². The molecule has 1 aliphatic rings. The van der Waals surface area contributed by atoms with Crippen LogP contribution >= 0.6 is 7.82 Å². The zero-order chi connectivity index (χ0) is 47.8. The van der Waals surface area contributed by atoms with E-state index in [0.717, 1.165) is 83.5 Å². The number of phosphoric acid groups is 1. The van der Waals surface area contributed by atoms with Crippen molar-refractivity contribution in [2.24, 2.45) is 0 Å². The van der Waals surface area contributed by atoms with E-state index in [0.29, 0.717) is 12.8 Å². The number of rotatable bonds is 41. The second-order valence-corrected chi connectivity index (χ2v) is 18.7. The van der Waals surface area contributed by atoms with Gasteiger partial charge in [-0.15, -0.1) is 0 Å². The van der Waals surface area contributed by atoms with Crippen LogP contribution in [0.2, 0.25) is 0 Å². The van der Waals surface area contributed by atoms with E-state index in [4.69, 9.17) is 18.5 Å². The molecule has 0 heterocycles. The predicted molar refractivity (Wildman–Crippen MR) is 258 cm³/mol. The van der Waals surface area contributed by atoms with Gasteiger partial charge in [0.05, 0.1) is 6.61 Å². The first kappa shape index (κ1) is 60.6. The molecule has 65 heavy (non-hydrogen) atoms. The number of hydrogen-bond acceptors (Lipinski definition) is 12. The van der Waals surface area contributed by atoms with Gasteiger partial charge in [0.2, 0.25) is 0 Å². The minimum atomic E-state index is -5.13. The summed E-state index contributed by atoms with van der Waals surface area (Å²) in [6.07, 6.45) is 36.9. The number of carbonyl (C=O) groups excluding carboxylic acids is 2. The number of aliphatic hydroxyl groups is 5. The Hall–Kier alpha value is -2.45. The van der Waals surface area contributed by atoms with Gasteiger partial charge in [-0.25, -0.2) is 4.57 Å². The lowest BCUT2D eigenvalue weighted by atomic mass is 9.85. The third-order valence-electron chi connectivity index (χ3n) is 11.3. The van der Waals surface area contributed by atoms with E-state index >= 15 is 0 Å². The lowest BCUT2D eigenvalue weighted by Gasteiger charge is -2.41. The Morgan fingerprint density at radius 2 is 0.877 bits per heavy atom. The third-order valence-corrected chi connectivity index (χ3v) is 12.3. The summed E-state index contributed by atoms with van der Waals surface area (Å²) >= 11 is 0. The molecule has 6 unspecified atom stereocenters. The highest BCUT2D eigenvalue weighted by molar-refractivity contribution is 7.47.